The molecule has 2 rings (SSSR count). The maximum absolute atomic E-state index is 11.8. The summed E-state index contributed by atoms with van der Waals surface area (Å²) in [6.45, 7) is 4.00. The molecule has 7 heteroatoms. The van der Waals surface area contributed by atoms with Gasteiger partial charge in [-0.15, -0.1) is 11.3 Å². The number of rotatable bonds is 7. The highest BCUT2D eigenvalue weighted by atomic mass is 32.1. The number of nitrogens with one attached hydrogen (secondary N) is 1. The van der Waals surface area contributed by atoms with E-state index in [1.165, 1.54) is 11.3 Å². The molecule has 0 saturated heterocycles. The van der Waals surface area contributed by atoms with E-state index in [-0.39, 0.29) is 18.9 Å². The number of hydrogen-bond donors (Lipinski definition) is 1. The van der Waals surface area contributed by atoms with E-state index in [0.717, 1.165) is 11.3 Å². The smallest absolute Gasteiger partial charge is 0.312 e. The summed E-state index contributed by atoms with van der Waals surface area (Å²) in [6, 6.07) is 3.80. The largest absolute Gasteiger partial charge is 0.455 e. The van der Waals surface area contributed by atoms with Crippen LogP contribution in [-0.4, -0.2) is 30.0 Å². The molecule has 2 aromatic heterocycles. The molecule has 2 heterocycles. The Bertz CT molecular complexity index is 634. The maximum atomic E-state index is 11.8. The lowest BCUT2D eigenvalue weighted by molar-refractivity contribution is -0.147. The van der Waals surface area contributed by atoms with E-state index in [4.69, 9.17) is 9.15 Å². The molecular weight excluding hydrogens is 304 g/mol. The van der Waals surface area contributed by atoms with Crippen LogP contribution >= 0.6 is 11.3 Å². The van der Waals surface area contributed by atoms with Gasteiger partial charge in [0.2, 0.25) is 5.89 Å². The lowest BCUT2D eigenvalue weighted by atomic mass is 10.3. The average molecular weight is 322 g/mol. The highest BCUT2D eigenvalue weighted by Gasteiger charge is 2.16. The number of hydrogen-bond acceptors (Lipinski definition) is 6. The van der Waals surface area contributed by atoms with Gasteiger partial charge in [-0.3, -0.25) is 9.59 Å². The van der Waals surface area contributed by atoms with Crippen molar-refractivity contribution in [1.82, 2.24) is 10.3 Å². The first kappa shape index (κ1) is 16.2. The Kier molecular flexibility index (Phi) is 5.71. The van der Waals surface area contributed by atoms with Crippen LogP contribution in [0.25, 0.3) is 10.8 Å². The van der Waals surface area contributed by atoms with Crippen molar-refractivity contribution in [3.63, 3.8) is 0 Å². The summed E-state index contributed by atoms with van der Waals surface area (Å²) in [5.74, 6) is 0.277. The van der Waals surface area contributed by atoms with Gasteiger partial charge in [-0.1, -0.05) is 13.0 Å². The second kappa shape index (κ2) is 7.74. The molecule has 0 aliphatic heterocycles. The number of aryl methyl sites for hydroxylation is 1. The van der Waals surface area contributed by atoms with E-state index >= 15 is 0 Å². The number of oxazole rings is 1. The predicted molar refractivity (Wildman–Crippen MR) is 82.5 cm³/mol. The molecule has 0 aromatic carbocycles. The van der Waals surface area contributed by atoms with E-state index in [0.29, 0.717) is 23.9 Å². The Hall–Kier alpha value is -2.15. The van der Waals surface area contributed by atoms with E-state index < -0.39 is 5.97 Å². The fourth-order valence-corrected chi connectivity index (χ4v) is 2.40. The fourth-order valence-electron chi connectivity index (χ4n) is 1.75. The van der Waals surface area contributed by atoms with Gasteiger partial charge in [0.1, 0.15) is 5.76 Å². The molecular formula is C15H18N2O4S. The Labute approximate surface area is 132 Å². The second-order valence-electron chi connectivity index (χ2n) is 4.69. The molecule has 1 amide bonds. The lowest BCUT2D eigenvalue weighted by Gasteiger charge is -2.04. The van der Waals surface area contributed by atoms with E-state index in [2.05, 4.69) is 10.3 Å². The van der Waals surface area contributed by atoms with E-state index in [1.54, 1.807) is 6.92 Å². The molecule has 0 unspecified atom stereocenters. The maximum Gasteiger partial charge on any atom is 0.312 e. The number of ether oxygens (including phenoxy) is 1. The number of nitrogens with zero attached hydrogens (tertiary/aromatic N) is 1. The predicted octanol–water partition coefficient (Wildman–Crippen LogP) is 2.32. The number of aromatic nitrogens is 1. The van der Waals surface area contributed by atoms with Gasteiger partial charge >= 0.3 is 5.97 Å². The molecule has 6 nitrogen and oxygen atoms in total. The van der Waals surface area contributed by atoms with Crippen molar-refractivity contribution in [1.29, 1.82) is 0 Å². The van der Waals surface area contributed by atoms with E-state index in [1.807, 2.05) is 24.4 Å². The van der Waals surface area contributed by atoms with Crippen molar-refractivity contribution in [2.75, 3.05) is 13.2 Å². The zero-order chi connectivity index (χ0) is 15.9. The standard InChI is InChI=1S/C15H18N2O4S/c1-3-6-16-13(18)9-20-14(19)8-11-10(2)21-15(17-11)12-5-4-7-22-12/h4-5,7H,3,6,8-9H2,1-2H3,(H,16,18). The Morgan fingerprint density at radius 3 is 2.95 bits per heavy atom. The molecule has 1 N–H and O–H groups in total. The summed E-state index contributed by atoms with van der Waals surface area (Å²) in [4.78, 5) is 28.3. The number of carbonyl (C=O) groups is 2. The fraction of sp³-hybridized carbons (Fsp3) is 0.400. The molecule has 0 aliphatic rings. The normalized spacial score (nSPS) is 10.5. The number of thiophene rings is 1. The molecule has 0 saturated carbocycles. The van der Waals surface area contributed by atoms with Gasteiger partial charge in [-0.05, 0) is 24.8 Å². The van der Waals surface area contributed by atoms with Crippen LogP contribution in [0.4, 0.5) is 0 Å². The van der Waals surface area contributed by atoms with Crippen molar-refractivity contribution < 1.29 is 18.7 Å². The molecule has 0 spiro atoms. The van der Waals surface area contributed by atoms with Gasteiger partial charge in [-0.25, -0.2) is 4.98 Å². The van der Waals surface area contributed by atoms with Crippen LogP contribution in [0.2, 0.25) is 0 Å². The van der Waals surface area contributed by atoms with Gasteiger partial charge in [0.15, 0.2) is 6.61 Å². The van der Waals surface area contributed by atoms with Crippen LogP contribution in [0.3, 0.4) is 0 Å². The average Bonchev–Trinajstić information content (AvgIpc) is 3.13. The number of amides is 1. The first-order chi connectivity index (χ1) is 10.6. The summed E-state index contributed by atoms with van der Waals surface area (Å²) in [5, 5.41) is 4.56. The molecule has 0 fully saturated rings. The van der Waals surface area contributed by atoms with Crippen molar-refractivity contribution in [3.05, 3.63) is 29.0 Å². The quantitative estimate of drug-likeness (QED) is 0.791. The van der Waals surface area contributed by atoms with Crippen molar-refractivity contribution in [3.8, 4) is 10.8 Å². The summed E-state index contributed by atoms with van der Waals surface area (Å²) in [7, 11) is 0. The zero-order valence-corrected chi connectivity index (χ0v) is 13.4. The molecule has 0 atom stereocenters. The van der Waals surface area contributed by atoms with Gasteiger partial charge in [0.25, 0.3) is 5.91 Å². The Morgan fingerprint density at radius 1 is 1.45 bits per heavy atom. The molecule has 118 valence electrons. The van der Waals surface area contributed by atoms with Crippen molar-refractivity contribution >= 4 is 23.2 Å². The van der Waals surface area contributed by atoms with Crippen molar-refractivity contribution in [2.45, 2.75) is 26.7 Å². The number of carbonyl (C=O) groups excluding carboxylic acids is 2. The third kappa shape index (κ3) is 4.42. The molecule has 2 aromatic rings. The van der Waals surface area contributed by atoms with Crippen LogP contribution in [0.15, 0.2) is 21.9 Å². The zero-order valence-electron chi connectivity index (χ0n) is 12.5. The van der Waals surface area contributed by atoms with E-state index in [9.17, 15) is 9.59 Å². The van der Waals surface area contributed by atoms with Crippen LogP contribution in [0.1, 0.15) is 24.8 Å². The monoisotopic (exact) mass is 322 g/mol. The van der Waals surface area contributed by atoms with Crippen LogP contribution in [0.5, 0.6) is 0 Å². The topological polar surface area (TPSA) is 81.4 Å². The van der Waals surface area contributed by atoms with Gasteiger partial charge in [0.05, 0.1) is 17.0 Å². The summed E-state index contributed by atoms with van der Waals surface area (Å²) in [5.41, 5.74) is 0.530. The SMILES string of the molecule is CCCNC(=O)COC(=O)Cc1nc(-c2cccs2)oc1C. The van der Waals surface area contributed by atoms with Crippen LogP contribution < -0.4 is 5.32 Å². The van der Waals surface area contributed by atoms with Gasteiger partial charge in [-0.2, -0.15) is 0 Å². The molecule has 0 bridgehead atoms. The Balaban J connectivity index is 1.88. The van der Waals surface area contributed by atoms with Gasteiger partial charge in [0, 0.05) is 6.54 Å². The first-order valence-electron chi connectivity index (χ1n) is 7.02. The molecule has 22 heavy (non-hydrogen) atoms. The van der Waals surface area contributed by atoms with Crippen molar-refractivity contribution in [2.24, 2.45) is 0 Å². The minimum absolute atomic E-state index is 0.0121. The Morgan fingerprint density at radius 2 is 2.27 bits per heavy atom. The third-order valence-corrected chi connectivity index (χ3v) is 3.73. The lowest BCUT2D eigenvalue weighted by Crippen LogP contribution is -2.29. The minimum atomic E-state index is -0.499. The molecule has 0 radical (unpaired) electrons. The summed E-state index contributed by atoms with van der Waals surface area (Å²) >= 11 is 1.51. The summed E-state index contributed by atoms with van der Waals surface area (Å²) in [6.07, 6.45) is 0.824. The summed E-state index contributed by atoms with van der Waals surface area (Å²) < 4.78 is 10.5. The third-order valence-electron chi connectivity index (χ3n) is 2.87. The molecule has 0 aliphatic carbocycles. The van der Waals surface area contributed by atoms with Gasteiger partial charge < -0.3 is 14.5 Å². The highest BCUT2D eigenvalue weighted by molar-refractivity contribution is 7.13. The first-order valence-corrected chi connectivity index (χ1v) is 7.90. The highest BCUT2D eigenvalue weighted by Crippen LogP contribution is 2.26. The van der Waals surface area contributed by atoms with Crippen LogP contribution in [0, 0.1) is 6.92 Å². The van der Waals surface area contributed by atoms with Crippen LogP contribution in [-0.2, 0) is 20.7 Å². The second-order valence-corrected chi connectivity index (χ2v) is 5.63. The number of esters is 1. The minimum Gasteiger partial charge on any atom is -0.455 e.